The summed E-state index contributed by atoms with van der Waals surface area (Å²) in [5.74, 6) is -0.617. The van der Waals surface area contributed by atoms with E-state index in [0.717, 1.165) is 19.3 Å². The molecule has 4 nitrogen and oxygen atoms in total. The molecule has 0 unspecified atom stereocenters. The van der Waals surface area contributed by atoms with Crippen molar-refractivity contribution in [2.75, 3.05) is 7.11 Å². The zero-order valence-electron chi connectivity index (χ0n) is 17.4. The Hall–Kier alpha value is -1.59. The van der Waals surface area contributed by atoms with E-state index in [1.165, 1.54) is 12.7 Å². The van der Waals surface area contributed by atoms with Gasteiger partial charge in [0.05, 0.1) is 7.11 Å². The first-order valence-electron chi connectivity index (χ1n) is 9.84. The predicted octanol–water partition coefficient (Wildman–Crippen LogP) is 5.38. The molecule has 1 heterocycles. The van der Waals surface area contributed by atoms with Gasteiger partial charge in [-0.05, 0) is 42.6 Å². The number of hydrogen-bond donors (Lipinski definition) is 0. The number of allylic oxidation sites excluding steroid dienone is 1. The van der Waals surface area contributed by atoms with Crippen molar-refractivity contribution in [2.45, 2.75) is 69.9 Å². The molecule has 0 radical (unpaired) electrons. The largest absolute Gasteiger partial charge is 0.463 e. The molecule has 0 saturated heterocycles. The maximum Gasteiger partial charge on any atom is 0.373 e. The van der Waals surface area contributed by atoms with Gasteiger partial charge in [-0.2, -0.15) is 0 Å². The summed E-state index contributed by atoms with van der Waals surface area (Å²) in [5.41, 5.74) is 1.19. The Balaban J connectivity index is 2.05. The van der Waals surface area contributed by atoms with Crippen LogP contribution in [0.2, 0.25) is 18.1 Å². The Labute approximate surface area is 164 Å². The predicted molar refractivity (Wildman–Crippen MR) is 109 cm³/mol. The molecule has 3 rings (SSSR count). The topological polar surface area (TPSA) is 44.8 Å². The number of fused-ring (bicyclic) bond motifs is 1. The van der Waals surface area contributed by atoms with E-state index in [0.29, 0.717) is 0 Å². The fourth-order valence-corrected chi connectivity index (χ4v) is 5.46. The lowest BCUT2D eigenvalue weighted by Gasteiger charge is -2.49. The smallest absolute Gasteiger partial charge is 0.373 e. The number of ether oxygens (including phenoxy) is 2. The molecular weight excluding hydrogens is 356 g/mol. The van der Waals surface area contributed by atoms with Crippen LogP contribution in [0.5, 0.6) is 0 Å². The first-order valence-corrected chi connectivity index (χ1v) is 12.7. The lowest BCUT2D eigenvalue weighted by molar-refractivity contribution is -0.205. The Bertz CT molecular complexity index is 720. The van der Waals surface area contributed by atoms with Crippen molar-refractivity contribution < 1.29 is 18.7 Å². The van der Waals surface area contributed by atoms with Crippen molar-refractivity contribution in [1.82, 2.24) is 0 Å². The molecule has 3 atom stereocenters. The second kappa shape index (κ2) is 7.10. The Kier molecular flexibility index (Phi) is 5.30. The van der Waals surface area contributed by atoms with E-state index in [1.807, 2.05) is 24.3 Å². The van der Waals surface area contributed by atoms with Gasteiger partial charge in [0.1, 0.15) is 0 Å². The summed E-state index contributed by atoms with van der Waals surface area (Å²) >= 11 is 0. The maximum atomic E-state index is 12.4. The van der Waals surface area contributed by atoms with Gasteiger partial charge in [0, 0.05) is 18.3 Å². The molecule has 148 valence electrons. The molecule has 1 aliphatic heterocycles. The average molecular weight is 389 g/mol. The minimum absolute atomic E-state index is 0.0626. The third kappa shape index (κ3) is 3.72. The highest BCUT2D eigenvalue weighted by Crippen LogP contribution is 2.54. The average Bonchev–Trinajstić information content (AvgIpc) is 3.02. The van der Waals surface area contributed by atoms with Crippen molar-refractivity contribution in [3.8, 4) is 0 Å². The molecule has 0 N–H and O–H groups in total. The van der Waals surface area contributed by atoms with Gasteiger partial charge >= 0.3 is 5.97 Å². The Morgan fingerprint density at radius 1 is 1.22 bits per heavy atom. The normalized spacial score (nSPS) is 28.1. The van der Waals surface area contributed by atoms with E-state index >= 15 is 0 Å². The molecule has 1 aromatic rings. The molecule has 0 amide bonds. The van der Waals surface area contributed by atoms with Gasteiger partial charge in [-0.3, -0.25) is 0 Å². The van der Waals surface area contributed by atoms with Crippen LogP contribution in [0.25, 0.3) is 0 Å². The van der Waals surface area contributed by atoms with Gasteiger partial charge in [-0.25, -0.2) is 4.79 Å². The van der Waals surface area contributed by atoms with Gasteiger partial charge in [-0.1, -0.05) is 51.1 Å². The fourth-order valence-electron chi connectivity index (χ4n) is 4.00. The summed E-state index contributed by atoms with van der Waals surface area (Å²) in [6, 6.07) is 10.3. The SMILES string of the molecule is COC(=O)C1=C[C@@H](c2ccccc2)[C@@H]2CCC[C@]2(O[Si](C)(C)C(C)(C)C)O1. The quantitative estimate of drug-likeness (QED) is 0.513. The van der Waals surface area contributed by atoms with Crippen LogP contribution in [0.15, 0.2) is 42.2 Å². The zero-order valence-corrected chi connectivity index (χ0v) is 18.4. The maximum absolute atomic E-state index is 12.4. The van der Waals surface area contributed by atoms with Crippen molar-refractivity contribution in [3.05, 3.63) is 47.7 Å². The third-order valence-electron chi connectivity index (χ3n) is 6.46. The zero-order chi connectivity index (χ0) is 19.9. The minimum Gasteiger partial charge on any atom is -0.463 e. The molecule has 1 saturated carbocycles. The number of carbonyl (C=O) groups is 1. The number of hydrogen-bond acceptors (Lipinski definition) is 4. The van der Waals surface area contributed by atoms with Crippen LogP contribution in [0, 0.1) is 5.92 Å². The highest BCUT2D eigenvalue weighted by molar-refractivity contribution is 6.74. The summed E-state index contributed by atoms with van der Waals surface area (Å²) in [6.45, 7) is 11.2. The van der Waals surface area contributed by atoms with Crippen LogP contribution in [0.1, 0.15) is 51.5 Å². The number of esters is 1. The summed E-state index contributed by atoms with van der Waals surface area (Å²) in [7, 11) is -0.702. The van der Waals surface area contributed by atoms with Crippen LogP contribution in [-0.4, -0.2) is 27.2 Å². The number of rotatable bonds is 4. The van der Waals surface area contributed by atoms with Crippen molar-refractivity contribution in [3.63, 3.8) is 0 Å². The molecule has 2 aliphatic rings. The number of methoxy groups -OCH3 is 1. The molecule has 27 heavy (non-hydrogen) atoms. The standard InChI is InChI=1S/C22H32O4Si/c1-21(2,3)27(5,6)26-22-14-10-13-18(22)17(16-11-8-7-9-12-16)15-19(25-22)20(23)24-4/h7-9,11-12,15,17-18H,10,13-14H2,1-6H3/t17-,18-,22+/m0/s1. The summed E-state index contributed by atoms with van der Waals surface area (Å²) < 4.78 is 18.2. The summed E-state index contributed by atoms with van der Waals surface area (Å²) in [4.78, 5) is 12.4. The van der Waals surface area contributed by atoms with Gasteiger partial charge < -0.3 is 13.9 Å². The lowest BCUT2D eigenvalue weighted by Crippen LogP contribution is -2.55. The first kappa shape index (κ1) is 20.1. The van der Waals surface area contributed by atoms with Crippen LogP contribution < -0.4 is 0 Å². The van der Waals surface area contributed by atoms with E-state index < -0.39 is 20.1 Å². The van der Waals surface area contributed by atoms with E-state index in [4.69, 9.17) is 13.9 Å². The second-order valence-electron chi connectivity index (χ2n) is 9.23. The lowest BCUT2D eigenvalue weighted by atomic mass is 9.80. The highest BCUT2D eigenvalue weighted by atomic mass is 28.4. The first-order chi connectivity index (χ1) is 12.6. The van der Waals surface area contributed by atoms with Crippen LogP contribution in [0.4, 0.5) is 0 Å². The molecular formula is C22H32O4Si. The number of benzene rings is 1. The number of carbonyl (C=O) groups excluding carboxylic acids is 1. The van der Waals surface area contributed by atoms with Crippen LogP contribution in [0.3, 0.4) is 0 Å². The second-order valence-corrected chi connectivity index (χ2v) is 14.0. The molecule has 1 aliphatic carbocycles. The molecule has 1 fully saturated rings. The van der Waals surface area contributed by atoms with Crippen molar-refractivity contribution >= 4 is 14.3 Å². The Morgan fingerprint density at radius 2 is 1.89 bits per heavy atom. The van der Waals surface area contributed by atoms with E-state index in [-0.39, 0.29) is 22.6 Å². The third-order valence-corrected chi connectivity index (χ3v) is 10.9. The van der Waals surface area contributed by atoms with Crippen molar-refractivity contribution in [2.24, 2.45) is 5.92 Å². The molecule has 5 heteroatoms. The Morgan fingerprint density at radius 3 is 2.48 bits per heavy atom. The van der Waals surface area contributed by atoms with E-state index in [1.54, 1.807) is 0 Å². The summed E-state index contributed by atoms with van der Waals surface area (Å²) in [5, 5.41) is 0.0626. The van der Waals surface area contributed by atoms with E-state index in [2.05, 4.69) is 46.0 Å². The fraction of sp³-hybridized carbons (Fsp3) is 0.591. The minimum atomic E-state index is -2.10. The highest BCUT2D eigenvalue weighted by Gasteiger charge is 2.57. The van der Waals surface area contributed by atoms with E-state index in [9.17, 15) is 4.79 Å². The van der Waals surface area contributed by atoms with Crippen LogP contribution >= 0.6 is 0 Å². The van der Waals surface area contributed by atoms with Crippen LogP contribution in [-0.2, 0) is 18.7 Å². The molecule has 1 aromatic carbocycles. The molecule has 0 bridgehead atoms. The van der Waals surface area contributed by atoms with Crippen molar-refractivity contribution in [1.29, 1.82) is 0 Å². The van der Waals surface area contributed by atoms with Gasteiger partial charge in [0.15, 0.2) is 8.32 Å². The molecule has 0 spiro atoms. The van der Waals surface area contributed by atoms with Gasteiger partial charge in [-0.15, -0.1) is 0 Å². The molecule has 0 aromatic heterocycles. The monoisotopic (exact) mass is 388 g/mol. The van der Waals surface area contributed by atoms with Gasteiger partial charge in [0.25, 0.3) is 0 Å². The van der Waals surface area contributed by atoms with Gasteiger partial charge in [0.2, 0.25) is 11.5 Å². The summed E-state index contributed by atoms with van der Waals surface area (Å²) in [6.07, 6.45) is 4.80.